The van der Waals surface area contributed by atoms with Gasteiger partial charge in [0.15, 0.2) is 0 Å². The molecule has 3 heteroatoms. The molecule has 0 aliphatic heterocycles. The topological polar surface area (TPSA) is 37.0 Å². The van der Waals surface area contributed by atoms with Crippen LogP contribution in [0.5, 0.6) is 0 Å². The van der Waals surface area contributed by atoms with E-state index in [1.165, 1.54) is 0 Å². The number of nitrogens with one attached hydrogen (secondary N) is 2. The second-order valence-electron chi connectivity index (χ2n) is 5.83. The first-order valence-electron chi connectivity index (χ1n) is 6.90. The van der Waals surface area contributed by atoms with Gasteiger partial charge in [-0.25, -0.2) is 4.98 Å². The molecule has 0 saturated heterocycles. The summed E-state index contributed by atoms with van der Waals surface area (Å²) >= 11 is 0. The number of anilines is 2. The summed E-state index contributed by atoms with van der Waals surface area (Å²) < 4.78 is 0. The molecule has 102 valence electrons. The zero-order valence-electron chi connectivity index (χ0n) is 12.4. The molecule has 0 fully saturated rings. The fourth-order valence-corrected chi connectivity index (χ4v) is 1.41. The molecule has 1 heterocycles. The third-order valence-corrected chi connectivity index (χ3v) is 3.59. The highest BCUT2D eigenvalue weighted by atomic mass is 15.1. The standard InChI is InChI=1S/C15H27N3/c1-6-10-16-13-8-7-9-14(18-13)17-11-15(4,5)12(2)3/h7-9,12H,6,10-11H2,1-5H3,(H2,16,17,18). The Balaban J connectivity index is 2.57. The van der Waals surface area contributed by atoms with Crippen LogP contribution in [0.3, 0.4) is 0 Å². The van der Waals surface area contributed by atoms with Gasteiger partial charge in [0.25, 0.3) is 0 Å². The predicted octanol–water partition coefficient (Wildman–Crippen LogP) is 4.00. The average molecular weight is 249 g/mol. The van der Waals surface area contributed by atoms with Crippen molar-refractivity contribution in [1.82, 2.24) is 4.98 Å². The fraction of sp³-hybridized carbons (Fsp3) is 0.667. The zero-order valence-corrected chi connectivity index (χ0v) is 12.4. The second-order valence-corrected chi connectivity index (χ2v) is 5.83. The molecule has 3 nitrogen and oxygen atoms in total. The van der Waals surface area contributed by atoms with Crippen molar-refractivity contribution in [1.29, 1.82) is 0 Å². The minimum atomic E-state index is 0.272. The van der Waals surface area contributed by atoms with Gasteiger partial charge in [-0.2, -0.15) is 0 Å². The van der Waals surface area contributed by atoms with Gasteiger partial charge in [-0.3, -0.25) is 0 Å². The summed E-state index contributed by atoms with van der Waals surface area (Å²) in [6, 6.07) is 6.07. The first-order valence-corrected chi connectivity index (χ1v) is 6.90. The Morgan fingerprint density at radius 2 is 1.78 bits per heavy atom. The Hall–Kier alpha value is -1.25. The van der Waals surface area contributed by atoms with E-state index in [4.69, 9.17) is 0 Å². The molecule has 1 aromatic rings. The predicted molar refractivity (Wildman–Crippen MR) is 80.1 cm³/mol. The van der Waals surface area contributed by atoms with Crippen molar-refractivity contribution in [3.63, 3.8) is 0 Å². The van der Waals surface area contributed by atoms with E-state index in [1.807, 2.05) is 18.2 Å². The number of rotatable bonds is 7. The molecule has 0 aliphatic rings. The first kappa shape index (κ1) is 14.8. The number of aromatic nitrogens is 1. The Morgan fingerprint density at radius 1 is 1.17 bits per heavy atom. The number of nitrogens with zero attached hydrogens (tertiary/aromatic N) is 1. The van der Waals surface area contributed by atoms with Crippen LogP contribution in [0.25, 0.3) is 0 Å². The second kappa shape index (κ2) is 6.62. The van der Waals surface area contributed by atoms with Gasteiger partial charge >= 0.3 is 0 Å². The van der Waals surface area contributed by atoms with Gasteiger partial charge in [-0.05, 0) is 29.9 Å². The lowest BCUT2D eigenvalue weighted by atomic mass is 9.81. The summed E-state index contributed by atoms with van der Waals surface area (Å²) in [7, 11) is 0. The molecule has 2 N–H and O–H groups in total. The van der Waals surface area contributed by atoms with Crippen LogP contribution in [0.4, 0.5) is 11.6 Å². The van der Waals surface area contributed by atoms with Crippen molar-refractivity contribution in [2.75, 3.05) is 23.7 Å². The Bertz CT molecular complexity index is 359. The lowest BCUT2D eigenvalue weighted by Crippen LogP contribution is -2.28. The lowest BCUT2D eigenvalue weighted by molar-refractivity contribution is 0.269. The van der Waals surface area contributed by atoms with Crippen molar-refractivity contribution in [3.05, 3.63) is 18.2 Å². The summed E-state index contributed by atoms with van der Waals surface area (Å²) in [5.41, 5.74) is 0.272. The van der Waals surface area contributed by atoms with Gasteiger partial charge in [0, 0.05) is 13.1 Å². The third kappa shape index (κ3) is 4.55. The average Bonchev–Trinajstić information content (AvgIpc) is 2.34. The van der Waals surface area contributed by atoms with E-state index < -0.39 is 0 Å². The van der Waals surface area contributed by atoms with Crippen molar-refractivity contribution in [2.45, 2.75) is 41.0 Å². The molecule has 0 spiro atoms. The summed E-state index contributed by atoms with van der Waals surface area (Å²) in [5.74, 6) is 2.54. The highest BCUT2D eigenvalue weighted by Gasteiger charge is 2.21. The molecule has 0 amide bonds. The van der Waals surface area contributed by atoms with Gasteiger partial charge in [-0.15, -0.1) is 0 Å². The Labute approximate surface area is 111 Å². The van der Waals surface area contributed by atoms with Crippen molar-refractivity contribution in [3.8, 4) is 0 Å². The molecule has 0 unspecified atom stereocenters. The van der Waals surface area contributed by atoms with Crippen LogP contribution in [0.1, 0.15) is 41.0 Å². The van der Waals surface area contributed by atoms with Gasteiger partial charge in [0.05, 0.1) is 0 Å². The first-order chi connectivity index (χ1) is 8.45. The Kier molecular flexibility index (Phi) is 5.45. The van der Waals surface area contributed by atoms with Crippen LogP contribution < -0.4 is 10.6 Å². The van der Waals surface area contributed by atoms with Crippen LogP contribution in [-0.2, 0) is 0 Å². The summed E-state index contributed by atoms with van der Waals surface area (Å²) in [6.45, 7) is 13.1. The summed E-state index contributed by atoms with van der Waals surface area (Å²) in [6.07, 6.45) is 1.11. The number of pyridine rings is 1. The van der Waals surface area contributed by atoms with Crippen molar-refractivity contribution in [2.24, 2.45) is 11.3 Å². The van der Waals surface area contributed by atoms with Crippen LogP contribution in [-0.4, -0.2) is 18.1 Å². The molecular formula is C15H27N3. The number of hydrogen-bond donors (Lipinski definition) is 2. The zero-order chi connectivity index (χ0) is 13.6. The lowest BCUT2D eigenvalue weighted by Gasteiger charge is -2.29. The molecule has 1 rings (SSSR count). The molecule has 1 aromatic heterocycles. The SMILES string of the molecule is CCCNc1cccc(NCC(C)(C)C(C)C)n1. The molecule has 0 aromatic carbocycles. The maximum Gasteiger partial charge on any atom is 0.128 e. The minimum Gasteiger partial charge on any atom is -0.370 e. The van der Waals surface area contributed by atoms with Crippen LogP contribution in [0.2, 0.25) is 0 Å². The molecule has 0 saturated carbocycles. The van der Waals surface area contributed by atoms with E-state index in [-0.39, 0.29) is 5.41 Å². The molecule has 0 bridgehead atoms. The normalized spacial score (nSPS) is 11.7. The largest absolute Gasteiger partial charge is 0.370 e. The van der Waals surface area contributed by atoms with Crippen molar-refractivity contribution >= 4 is 11.6 Å². The summed E-state index contributed by atoms with van der Waals surface area (Å²) in [5, 5.41) is 6.74. The fourth-order valence-electron chi connectivity index (χ4n) is 1.41. The van der Waals surface area contributed by atoms with Gasteiger partial charge in [0.2, 0.25) is 0 Å². The molecule has 18 heavy (non-hydrogen) atoms. The van der Waals surface area contributed by atoms with E-state index >= 15 is 0 Å². The van der Waals surface area contributed by atoms with E-state index in [1.54, 1.807) is 0 Å². The third-order valence-electron chi connectivity index (χ3n) is 3.59. The van der Waals surface area contributed by atoms with Crippen LogP contribution in [0, 0.1) is 11.3 Å². The van der Waals surface area contributed by atoms with Crippen LogP contribution in [0.15, 0.2) is 18.2 Å². The van der Waals surface area contributed by atoms with E-state index in [2.05, 4.69) is 50.2 Å². The van der Waals surface area contributed by atoms with Crippen molar-refractivity contribution < 1.29 is 0 Å². The Morgan fingerprint density at radius 3 is 2.33 bits per heavy atom. The van der Waals surface area contributed by atoms with Gasteiger partial charge in [-0.1, -0.05) is 40.7 Å². The maximum atomic E-state index is 4.55. The van der Waals surface area contributed by atoms with Gasteiger partial charge in [0.1, 0.15) is 11.6 Å². The van der Waals surface area contributed by atoms with E-state index in [0.29, 0.717) is 5.92 Å². The maximum absolute atomic E-state index is 4.55. The smallest absolute Gasteiger partial charge is 0.128 e. The minimum absolute atomic E-state index is 0.272. The number of hydrogen-bond acceptors (Lipinski definition) is 3. The highest BCUT2D eigenvalue weighted by Crippen LogP contribution is 2.26. The quantitative estimate of drug-likeness (QED) is 0.767. The molecule has 0 atom stereocenters. The molecule has 0 radical (unpaired) electrons. The van der Waals surface area contributed by atoms with E-state index in [0.717, 1.165) is 31.1 Å². The monoisotopic (exact) mass is 249 g/mol. The van der Waals surface area contributed by atoms with Gasteiger partial charge < -0.3 is 10.6 Å². The molecular weight excluding hydrogens is 222 g/mol. The van der Waals surface area contributed by atoms with Crippen LogP contribution >= 0.6 is 0 Å². The summed E-state index contributed by atoms with van der Waals surface area (Å²) in [4.78, 5) is 4.55. The van der Waals surface area contributed by atoms with E-state index in [9.17, 15) is 0 Å². The molecule has 0 aliphatic carbocycles. The highest BCUT2D eigenvalue weighted by molar-refractivity contribution is 5.45.